The van der Waals surface area contributed by atoms with Crippen LogP contribution in [0, 0.1) is 0 Å². The maximum atomic E-state index is 11.4. The lowest BCUT2D eigenvalue weighted by molar-refractivity contribution is 0.0592. The summed E-state index contributed by atoms with van der Waals surface area (Å²) in [5, 5.41) is 9.91. The molecule has 0 saturated carbocycles. The highest BCUT2D eigenvalue weighted by atomic mass is 79.9. The summed E-state index contributed by atoms with van der Waals surface area (Å²) >= 11 is 3.32. The molecule has 0 amide bonds. The minimum absolute atomic E-state index is 0.0577. The number of hydrogen-bond donors (Lipinski definition) is 2. The normalized spacial score (nSPS) is 10.3. The van der Waals surface area contributed by atoms with Gasteiger partial charge in [-0.25, -0.2) is 43.9 Å². The second-order valence-electron chi connectivity index (χ2n) is 20.3. The van der Waals surface area contributed by atoms with Crippen molar-refractivity contribution in [2.24, 2.45) is 0 Å². The van der Waals surface area contributed by atoms with Crippen LogP contribution in [0.1, 0.15) is 208 Å². The van der Waals surface area contributed by atoms with Crippen LogP contribution in [0.3, 0.4) is 0 Å². The summed E-state index contributed by atoms with van der Waals surface area (Å²) < 4.78 is 24.4. The first-order valence-electron chi connectivity index (χ1n) is 29.6. The number of alkyl halides is 1. The van der Waals surface area contributed by atoms with Crippen molar-refractivity contribution in [2.75, 3.05) is 28.4 Å². The summed E-state index contributed by atoms with van der Waals surface area (Å²) in [6.45, 7) is 10.2. The Morgan fingerprint density at radius 2 is 0.889 bits per heavy atom. The highest BCUT2D eigenvalue weighted by Crippen LogP contribution is 2.17. The first-order valence-corrected chi connectivity index (χ1v) is 30.7. The van der Waals surface area contributed by atoms with Gasteiger partial charge in [-0.3, -0.25) is 14.4 Å². The molecule has 90 heavy (non-hydrogen) atoms. The van der Waals surface area contributed by atoms with Crippen molar-refractivity contribution in [1.29, 1.82) is 0 Å². The van der Waals surface area contributed by atoms with Crippen molar-refractivity contribution in [3.8, 4) is 0 Å². The fourth-order valence-electron chi connectivity index (χ4n) is 8.60. The Bertz CT molecular complexity index is 3510. The molecule has 0 saturated heterocycles. The number of aromatic amines is 1. The summed E-state index contributed by atoms with van der Waals surface area (Å²) in [6, 6.07) is 28.8. The molecule has 22 heteroatoms. The number of nitrogens with one attached hydrogen (secondary N) is 1. The van der Waals surface area contributed by atoms with Gasteiger partial charge in [0.2, 0.25) is 0 Å². The van der Waals surface area contributed by atoms with Crippen LogP contribution in [0.2, 0.25) is 0 Å². The number of methoxy groups -OCH3 is 4. The number of aldehydes is 3. The number of hydrogen-bond acceptors (Lipinski definition) is 16. The lowest BCUT2D eigenvalue weighted by Crippen LogP contribution is -2.09. The molecule has 0 fully saturated rings. The number of aromatic nitrogens is 8. The fraction of sp³-hybridized carbons (Fsp3) is 0.353. The summed E-state index contributed by atoms with van der Waals surface area (Å²) in [5.74, 6) is 1.11. The van der Waals surface area contributed by atoms with Crippen molar-refractivity contribution in [3.05, 3.63) is 212 Å². The number of carbonyl (C=O) groups is 8. The van der Waals surface area contributed by atoms with Crippen molar-refractivity contribution in [3.63, 3.8) is 0 Å². The molecule has 0 bridgehead atoms. The summed E-state index contributed by atoms with van der Waals surface area (Å²) in [7, 11) is 5.44. The van der Waals surface area contributed by atoms with E-state index in [1.54, 1.807) is 73.3 Å². The summed E-state index contributed by atoms with van der Waals surface area (Å²) in [4.78, 5) is 109. The van der Waals surface area contributed by atoms with E-state index < -0.39 is 5.97 Å². The van der Waals surface area contributed by atoms with Gasteiger partial charge in [0.1, 0.15) is 34.7 Å². The third kappa shape index (κ3) is 23.9. The SMILES string of the molecule is CCCCc1nc(C(=O)O)cn1Cc1ccc(C(=O)OC)cc1.CCCCc1nc(C=O)cn1Cc1ccc(C(=O)OC)cc1.CCCCc1ncc(C=O)[nH]1.CCCCc1ncc(C=O)n1Cc1ccc(C(=O)OC)cc1.COC(=O)c1ccc(CBr)cc1. The number of aryl methyl sites for hydroxylation is 4. The number of halogens is 1. The Kier molecular flexibility index (Phi) is 32.6. The number of benzene rings is 4. The molecular weight excluding hydrogens is 1220 g/mol. The average Bonchev–Trinajstić information content (AvgIpc) is 2.11. The number of unbranched alkanes of at least 4 members (excludes halogenated alkanes) is 4. The molecule has 4 aromatic heterocycles. The van der Waals surface area contributed by atoms with Crippen molar-refractivity contribution >= 4 is 64.6 Å². The molecule has 0 radical (unpaired) electrons. The highest BCUT2D eigenvalue weighted by Gasteiger charge is 2.16. The first-order chi connectivity index (χ1) is 43.5. The van der Waals surface area contributed by atoms with Crippen molar-refractivity contribution < 1.29 is 62.4 Å². The van der Waals surface area contributed by atoms with Crippen LogP contribution in [0.5, 0.6) is 0 Å². The van der Waals surface area contributed by atoms with Crippen LogP contribution >= 0.6 is 15.9 Å². The molecular formula is C68H81BrN8O13. The fourth-order valence-corrected chi connectivity index (χ4v) is 8.97. The molecule has 0 aliphatic rings. The maximum absolute atomic E-state index is 11.4. The standard InChI is InChI=1S/C17H20N2O4.2C17H20N2O3.C9H9BrO2.C8H12N2O/c1-3-4-5-15-18-14(16(20)21)11-19(15)10-12-6-8-13(9-7-12)17(22)23-2;1-3-4-5-16-18-10-15(12-20)19(16)11-13-6-8-14(9-7-13)17(21)22-2;1-3-4-5-16-18-15(12-20)11-19(16)10-13-6-8-14(9-7-13)17(21)22-2;1-12-9(11)8-4-2-7(6-10)3-5-8;1-2-3-4-8-9-5-7(6-11)10-8/h6-9,11H,3-5,10H2,1-2H3,(H,20,21);6-10,12H,3-5,11H2,1-2H3;6-9,11-12H,3-5,10H2,1-2H3;2-5H,6H2,1H3;5-6H,2-4H2,1H3,(H,9,10). The van der Waals surface area contributed by atoms with Crippen LogP contribution in [-0.2, 0) is 69.6 Å². The minimum atomic E-state index is -1.03. The second-order valence-corrected chi connectivity index (χ2v) is 20.9. The van der Waals surface area contributed by atoms with E-state index >= 15 is 0 Å². The van der Waals surface area contributed by atoms with Gasteiger partial charge in [0.25, 0.3) is 0 Å². The van der Waals surface area contributed by atoms with E-state index in [-0.39, 0.29) is 29.6 Å². The Morgan fingerprint density at radius 1 is 0.489 bits per heavy atom. The van der Waals surface area contributed by atoms with Gasteiger partial charge in [-0.1, -0.05) is 118 Å². The van der Waals surface area contributed by atoms with Crippen LogP contribution in [0.15, 0.2) is 122 Å². The zero-order chi connectivity index (χ0) is 65.8. The monoisotopic (exact) mass is 1300 g/mol. The van der Waals surface area contributed by atoms with E-state index in [1.165, 1.54) is 28.4 Å². The number of aromatic carboxylic acids is 1. The number of esters is 4. The molecule has 4 heterocycles. The van der Waals surface area contributed by atoms with E-state index in [0.29, 0.717) is 59.0 Å². The molecule has 0 aliphatic heterocycles. The second kappa shape index (κ2) is 40.2. The van der Waals surface area contributed by atoms with Crippen molar-refractivity contribution in [2.45, 2.75) is 130 Å². The average molecular weight is 1300 g/mol. The number of imidazole rings is 4. The van der Waals surface area contributed by atoms with E-state index in [9.17, 15) is 38.4 Å². The molecule has 478 valence electrons. The predicted molar refractivity (Wildman–Crippen MR) is 344 cm³/mol. The van der Waals surface area contributed by atoms with Crippen molar-refractivity contribution in [1.82, 2.24) is 38.6 Å². The topological polar surface area (TPSA) is 276 Å². The van der Waals surface area contributed by atoms with Gasteiger partial charge >= 0.3 is 29.8 Å². The lowest BCUT2D eigenvalue weighted by Gasteiger charge is -2.10. The van der Waals surface area contributed by atoms with Gasteiger partial charge in [-0.15, -0.1) is 0 Å². The number of carbonyl (C=O) groups excluding carboxylic acids is 7. The van der Waals surface area contributed by atoms with E-state index in [0.717, 1.165) is 147 Å². The van der Waals surface area contributed by atoms with E-state index in [1.807, 2.05) is 62.2 Å². The third-order valence-corrected chi connectivity index (χ3v) is 14.3. The summed E-state index contributed by atoms with van der Waals surface area (Å²) in [6.07, 6.45) is 20.7. The van der Waals surface area contributed by atoms with Gasteiger partial charge in [0, 0.05) is 63.0 Å². The molecule has 8 aromatic rings. The molecule has 0 aliphatic carbocycles. The number of carboxylic acids is 1. The molecule has 8 rings (SSSR count). The van der Waals surface area contributed by atoms with E-state index in [4.69, 9.17) is 5.11 Å². The molecule has 0 spiro atoms. The number of ether oxygens (including phenoxy) is 4. The molecule has 0 unspecified atom stereocenters. The Labute approximate surface area is 533 Å². The Hall–Kier alpha value is -9.44. The van der Waals surface area contributed by atoms with E-state index in [2.05, 4.69) is 87.5 Å². The van der Waals surface area contributed by atoms with Gasteiger partial charge in [0.05, 0.1) is 68.8 Å². The van der Waals surface area contributed by atoms with Crippen LogP contribution in [0.4, 0.5) is 0 Å². The zero-order valence-electron chi connectivity index (χ0n) is 52.4. The van der Waals surface area contributed by atoms with Crippen LogP contribution in [-0.4, -0.2) is 121 Å². The summed E-state index contributed by atoms with van der Waals surface area (Å²) in [5.41, 5.74) is 7.91. The smallest absolute Gasteiger partial charge is 0.356 e. The quantitative estimate of drug-likeness (QED) is 0.0209. The highest BCUT2D eigenvalue weighted by molar-refractivity contribution is 9.08. The predicted octanol–water partition coefficient (Wildman–Crippen LogP) is 12.4. The maximum Gasteiger partial charge on any atom is 0.356 e. The number of rotatable bonds is 27. The lowest BCUT2D eigenvalue weighted by atomic mass is 10.1. The third-order valence-electron chi connectivity index (χ3n) is 13.7. The minimum Gasteiger partial charge on any atom is -0.476 e. The molecule has 0 atom stereocenters. The largest absolute Gasteiger partial charge is 0.476 e. The van der Waals surface area contributed by atoms with Gasteiger partial charge in [-0.2, -0.15) is 0 Å². The van der Waals surface area contributed by atoms with Gasteiger partial charge in [0.15, 0.2) is 24.6 Å². The van der Waals surface area contributed by atoms with Crippen LogP contribution in [0.25, 0.3) is 0 Å². The van der Waals surface area contributed by atoms with Gasteiger partial charge in [-0.05, 0) is 96.5 Å². The Balaban J connectivity index is 0.000000247. The number of carboxylic acid groups (broad SMARTS) is 1. The zero-order valence-corrected chi connectivity index (χ0v) is 54.0. The Morgan fingerprint density at radius 3 is 1.27 bits per heavy atom. The first kappa shape index (κ1) is 73.0. The molecule has 21 nitrogen and oxygen atoms in total. The number of H-pyrrole nitrogens is 1. The van der Waals surface area contributed by atoms with Gasteiger partial charge < -0.3 is 42.7 Å². The van der Waals surface area contributed by atoms with Crippen LogP contribution < -0.4 is 0 Å². The molecule has 2 N–H and O–H groups in total. The molecule has 4 aromatic carbocycles. The number of nitrogens with zero attached hydrogens (tertiary/aromatic N) is 7.